The molecule has 1 aliphatic heterocycles. The molecule has 6 rings (SSSR count). The number of sulfonamides is 1. The number of amides is 3. The first kappa shape index (κ1) is 27.7. The minimum absolute atomic E-state index is 0. The van der Waals surface area contributed by atoms with E-state index in [4.69, 9.17) is 4.74 Å². The molecule has 10 nitrogen and oxygen atoms in total. The van der Waals surface area contributed by atoms with Gasteiger partial charge in [0.05, 0.1) is 6.04 Å². The summed E-state index contributed by atoms with van der Waals surface area (Å²) in [5.41, 5.74) is 6.43. The van der Waals surface area contributed by atoms with Crippen LogP contribution in [-0.2, 0) is 47.1 Å². The van der Waals surface area contributed by atoms with Crippen LogP contribution in [-0.4, -0.2) is 77.9 Å². The average Bonchev–Trinajstić information content (AvgIpc) is 3.63. The molecule has 3 aliphatic rings. The van der Waals surface area contributed by atoms with Crippen molar-refractivity contribution in [1.29, 1.82) is 0 Å². The summed E-state index contributed by atoms with van der Waals surface area (Å²) in [5, 5.41) is 6.77. The van der Waals surface area contributed by atoms with E-state index in [0.29, 0.717) is 13.1 Å². The normalized spacial score (nSPS) is 16.1. The van der Waals surface area contributed by atoms with Gasteiger partial charge in [0.25, 0.3) is 10.0 Å². The van der Waals surface area contributed by atoms with Crippen LogP contribution in [0.2, 0.25) is 0 Å². The number of hydrogen-bond acceptors (Lipinski definition) is 6. The fourth-order valence-electron chi connectivity index (χ4n) is 5.53. The molecule has 2 N–H and O–H groups in total. The number of carbonyl (C=O) groups excluding carboxylic acids is 2. The van der Waals surface area contributed by atoms with Gasteiger partial charge in [0.15, 0.2) is 5.03 Å². The summed E-state index contributed by atoms with van der Waals surface area (Å²) >= 11 is 0. The number of benzene rings is 2. The molecule has 0 spiro atoms. The van der Waals surface area contributed by atoms with Crippen LogP contribution in [0.15, 0.2) is 53.7 Å². The zero-order valence-corrected chi connectivity index (χ0v) is 24.7. The fourth-order valence-corrected chi connectivity index (χ4v) is 6.37. The smallest absolute Gasteiger partial charge is 0.410 e. The standard InChI is InChI=1S/C27H29N5O5S.Na/c33-26(28-25-22-10-4-8-19(22)14-20-9-5-11-23(20)25)30-38(35,36)24-12-13-32(29-24)21-15-31(16-21)27(34)37-17-18-6-2-1-3-7-18;/h1-3,6-7,12-14,21H,4-5,8-11,15-17H2,(H2,28,30,33);. The van der Waals surface area contributed by atoms with Gasteiger partial charge in [-0.05, 0) is 72.4 Å². The van der Waals surface area contributed by atoms with E-state index in [0.717, 1.165) is 60.9 Å². The van der Waals surface area contributed by atoms with Crippen molar-refractivity contribution in [3.05, 3.63) is 76.5 Å². The Balaban J connectivity index is 0.00000308. The number of hydrogen-bond donors (Lipinski definition) is 2. The average molecular weight is 559 g/mol. The van der Waals surface area contributed by atoms with Crippen LogP contribution in [0.4, 0.5) is 15.3 Å². The molecule has 3 amide bonds. The molecule has 2 aromatic carbocycles. The zero-order valence-electron chi connectivity index (χ0n) is 21.9. The summed E-state index contributed by atoms with van der Waals surface area (Å²) < 4.78 is 34.8. The number of nitrogens with one attached hydrogen (secondary N) is 2. The van der Waals surface area contributed by atoms with Gasteiger partial charge in [-0.3, -0.25) is 4.68 Å². The maximum Gasteiger partial charge on any atom is 0.410 e. The molecule has 39 heavy (non-hydrogen) atoms. The Morgan fingerprint density at radius 1 is 0.974 bits per heavy atom. The molecule has 3 aromatic rings. The van der Waals surface area contributed by atoms with Crippen LogP contribution in [0.5, 0.6) is 0 Å². The number of urea groups is 1. The Hall–Kier alpha value is -2.86. The number of rotatable bonds is 6. The number of aromatic nitrogens is 2. The van der Waals surface area contributed by atoms with Crippen LogP contribution in [0, 0.1) is 0 Å². The second-order valence-electron chi connectivity index (χ2n) is 10.0. The van der Waals surface area contributed by atoms with Gasteiger partial charge < -0.3 is 15.0 Å². The maximum absolute atomic E-state index is 12.9. The molecule has 1 fully saturated rings. The van der Waals surface area contributed by atoms with Gasteiger partial charge in [-0.15, -0.1) is 0 Å². The third kappa shape index (κ3) is 5.72. The number of likely N-dealkylation sites (tertiary alicyclic amines) is 1. The molecule has 2 heterocycles. The molecular formula is C27H29N5NaO5S. The summed E-state index contributed by atoms with van der Waals surface area (Å²) in [4.78, 5) is 26.6. The molecule has 0 unspecified atom stereocenters. The van der Waals surface area contributed by atoms with Crippen LogP contribution in [0.25, 0.3) is 0 Å². The molecule has 199 valence electrons. The third-order valence-corrected chi connectivity index (χ3v) is 8.72. The molecule has 1 radical (unpaired) electrons. The first-order chi connectivity index (χ1) is 18.4. The van der Waals surface area contributed by atoms with Gasteiger partial charge >= 0.3 is 12.1 Å². The van der Waals surface area contributed by atoms with Crippen molar-refractivity contribution in [3.63, 3.8) is 0 Å². The summed E-state index contributed by atoms with van der Waals surface area (Å²) in [5.74, 6) is 0. The molecule has 0 atom stereocenters. The molecule has 1 aromatic heterocycles. The van der Waals surface area contributed by atoms with Crippen molar-refractivity contribution in [2.45, 2.75) is 56.2 Å². The van der Waals surface area contributed by atoms with Gasteiger partial charge in [0.2, 0.25) is 0 Å². The number of fused-ring (bicyclic) bond motifs is 2. The maximum atomic E-state index is 12.9. The van der Waals surface area contributed by atoms with Crippen molar-refractivity contribution in [2.24, 2.45) is 0 Å². The second kappa shape index (κ2) is 11.3. The number of aryl methyl sites for hydroxylation is 2. The number of ether oxygens (including phenoxy) is 1. The van der Waals surface area contributed by atoms with Gasteiger partial charge in [-0.1, -0.05) is 36.4 Å². The predicted octanol–water partition coefficient (Wildman–Crippen LogP) is 3.18. The summed E-state index contributed by atoms with van der Waals surface area (Å²) in [7, 11) is -4.17. The van der Waals surface area contributed by atoms with Crippen molar-refractivity contribution >= 4 is 57.4 Å². The number of carbonyl (C=O) groups is 2. The Morgan fingerprint density at radius 3 is 2.31 bits per heavy atom. The molecule has 0 saturated carbocycles. The van der Waals surface area contributed by atoms with Crippen LogP contribution in [0.3, 0.4) is 0 Å². The van der Waals surface area contributed by atoms with Gasteiger partial charge in [0, 0.05) is 54.5 Å². The van der Waals surface area contributed by atoms with Crippen LogP contribution in [0.1, 0.15) is 46.7 Å². The molecule has 0 bridgehead atoms. The van der Waals surface area contributed by atoms with E-state index >= 15 is 0 Å². The molecule has 1 saturated heterocycles. The quantitative estimate of drug-likeness (QED) is 0.448. The number of nitrogens with zero attached hydrogens (tertiary/aromatic N) is 3. The van der Waals surface area contributed by atoms with Crippen molar-refractivity contribution < 1.29 is 22.7 Å². The van der Waals surface area contributed by atoms with Crippen molar-refractivity contribution in [1.82, 2.24) is 19.4 Å². The van der Waals surface area contributed by atoms with Gasteiger partial charge in [-0.2, -0.15) is 13.5 Å². The summed E-state index contributed by atoms with van der Waals surface area (Å²) in [6.07, 6.45) is 6.92. The van der Waals surface area contributed by atoms with E-state index in [1.54, 1.807) is 6.20 Å². The van der Waals surface area contributed by atoms with Crippen molar-refractivity contribution in [3.8, 4) is 0 Å². The van der Waals surface area contributed by atoms with E-state index < -0.39 is 22.1 Å². The predicted molar refractivity (Wildman–Crippen MR) is 145 cm³/mol. The van der Waals surface area contributed by atoms with E-state index in [1.807, 2.05) is 30.3 Å². The van der Waals surface area contributed by atoms with E-state index in [-0.39, 0.29) is 47.2 Å². The Labute approximate surface area is 249 Å². The van der Waals surface area contributed by atoms with E-state index in [9.17, 15) is 18.0 Å². The Kier molecular flexibility index (Phi) is 8.04. The second-order valence-corrected chi connectivity index (χ2v) is 11.7. The zero-order chi connectivity index (χ0) is 26.3. The topological polar surface area (TPSA) is 123 Å². The minimum atomic E-state index is -4.17. The molecule has 12 heteroatoms. The summed E-state index contributed by atoms with van der Waals surface area (Å²) in [6.45, 7) is 0.896. The largest absolute Gasteiger partial charge is 0.445 e. The van der Waals surface area contributed by atoms with Crippen LogP contribution >= 0.6 is 0 Å². The summed E-state index contributed by atoms with van der Waals surface area (Å²) in [6, 6.07) is 12.1. The SMILES string of the molecule is O=C(Nc1c2c(cc3c1CCC3)CCC2)NS(=O)(=O)c1ccn(C2CN(C(=O)OCc3ccccc3)C2)n1.[Na]. The first-order valence-corrected chi connectivity index (χ1v) is 14.4. The Morgan fingerprint density at radius 2 is 1.64 bits per heavy atom. The fraction of sp³-hybridized carbons (Fsp3) is 0.370. The monoisotopic (exact) mass is 558 g/mol. The van der Waals surface area contributed by atoms with Gasteiger partial charge in [0.1, 0.15) is 6.61 Å². The van der Waals surface area contributed by atoms with Crippen molar-refractivity contribution in [2.75, 3.05) is 18.4 Å². The van der Waals surface area contributed by atoms with Crippen LogP contribution < -0.4 is 10.0 Å². The van der Waals surface area contributed by atoms with E-state index in [1.165, 1.54) is 26.8 Å². The number of anilines is 1. The minimum Gasteiger partial charge on any atom is -0.445 e. The molecule has 2 aliphatic carbocycles. The van der Waals surface area contributed by atoms with E-state index in [2.05, 4.69) is 21.2 Å². The van der Waals surface area contributed by atoms with Gasteiger partial charge in [-0.25, -0.2) is 14.3 Å². The first-order valence-electron chi connectivity index (χ1n) is 12.9. The molecular weight excluding hydrogens is 529 g/mol. The third-order valence-electron chi connectivity index (χ3n) is 7.50. The Bertz CT molecular complexity index is 1470.